The largest absolute Gasteiger partial charge is 0.369 e. The van der Waals surface area contributed by atoms with Crippen LogP contribution >= 0.6 is 0 Å². The second-order valence-corrected chi connectivity index (χ2v) is 8.13. The van der Waals surface area contributed by atoms with Crippen LogP contribution in [0.2, 0.25) is 0 Å². The molecule has 0 bridgehead atoms. The Bertz CT molecular complexity index is 1320. The third-order valence-electron chi connectivity index (χ3n) is 6.40. The van der Waals surface area contributed by atoms with Gasteiger partial charge in [0.2, 0.25) is 0 Å². The number of pyridine rings is 2. The van der Waals surface area contributed by atoms with Crippen LogP contribution < -0.4 is 20.4 Å². The zero-order valence-electron chi connectivity index (χ0n) is 17.3. The summed E-state index contributed by atoms with van der Waals surface area (Å²) in [7, 11) is 0. The lowest BCUT2D eigenvalue weighted by Crippen LogP contribution is -2.44. The van der Waals surface area contributed by atoms with Crippen molar-refractivity contribution in [1.82, 2.24) is 25.0 Å². The molecule has 1 aromatic carbocycles. The predicted molar refractivity (Wildman–Crippen MR) is 123 cm³/mol. The number of aromatic nitrogens is 3. The van der Waals surface area contributed by atoms with Gasteiger partial charge >= 0.3 is 0 Å². The summed E-state index contributed by atoms with van der Waals surface area (Å²) in [5, 5.41) is 18.1. The van der Waals surface area contributed by atoms with Gasteiger partial charge in [0.25, 0.3) is 0 Å². The summed E-state index contributed by atoms with van der Waals surface area (Å²) in [5.74, 6) is 0. The summed E-state index contributed by atoms with van der Waals surface area (Å²) >= 11 is 0. The Morgan fingerprint density at radius 2 is 1.65 bits per heavy atom. The maximum atomic E-state index is 10.2. The highest BCUT2D eigenvalue weighted by Crippen LogP contribution is 2.37. The summed E-state index contributed by atoms with van der Waals surface area (Å²) in [6.45, 7) is 7.53. The molecule has 0 atom stereocenters. The van der Waals surface area contributed by atoms with E-state index in [4.69, 9.17) is 4.98 Å². The molecule has 0 saturated carbocycles. The number of hydrogen-bond acceptors (Lipinski definition) is 7. The molecule has 31 heavy (non-hydrogen) atoms. The van der Waals surface area contributed by atoms with Gasteiger partial charge < -0.3 is 20.4 Å². The Kier molecular flexibility index (Phi) is 4.37. The number of hydrogen-bond donors (Lipinski definition) is 2. The smallest absolute Gasteiger partial charge is 0.178 e. The van der Waals surface area contributed by atoms with Gasteiger partial charge in [-0.05, 0) is 30.3 Å². The van der Waals surface area contributed by atoms with Crippen LogP contribution in [0.5, 0.6) is 0 Å². The highest BCUT2D eigenvalue weighted by atomic mass is 15.2. The van der Waals surface area contributed by atoms with Gasteiger partial charge in [-0.2, -0.15) is 5.26 Å². The molecule has 2 N–H and O–H groups in total. The summed E-state index contributed by atoms with van der Waals surface area (Å²) in [4.78, 5) is 14.0. The molecule has 0 amide bonds. The molecule has 8 heteroatoms. The van der Waals surface area contributed by atoms with Gasteiger partial charge in [-0.15, -0.1) is 0 Å². The Hall–Kier alpha value is -3.41. The lowest BCUT2D eigenvalue weighted by molar-refractivity contribution is 0.589. The normalized spacial score (nSPS) is 17.5. The number of nitrogens with one attached hydrogen (secondary N) is 2. The molecular weight excluding hydrogens is 388 g/mol. The molecule has 2 saturated heterocycles. The maximum absolute atomic E-state index is 10.2. The first-order chi connectivity index (χ1) is 15.3. The van der Waals surface area contributed by atoms with E-state index in [9.17, 15) is 5.26 Å². The van der Waals surface area contributed by atoms with Crippen molar-refractivity contribution in [2.45, 2.75) is 0 Å². The molecule has 2 aliphatic heterocycles. The highest BCUT2D eigenvalue weighted by molar-refractivity contribution is 6.03. The summed E-state index contributed by atoms with van der Waals surface area (Å²) in [6.07, 6.45) is 1.76. The summed E-state index contributed by atoms with van der Waals surface area (Å²) in [5.41, 5.74) is 6.20. The SMILES string of the molecule is N#Cc1c(N2CCNCC2)c2ccc(N3CCNCC3)cc2n2c1nc1ncccc12. The molecule has 0 unspecified atom stereocenters. The zero-order chi connectivity index (χ0) is 20.8. The van der Waals surface area contributed by atoms with Crippen molar-refractivity contribution >= 4 is 39.1 Å². The van der Waals surface area contributed by atoms with Crippen LogP contribution in [-0.4, -0.2) is 66.7 Å². The molecule has 2 aliphatic rings. The molecule has 5 heterocycles. The van der Waals surface area contributed by atoms with Crippen molar-refractivity contribution in [3.63, 3.8) is 0 Å². The third kappa shape index (κ3) is 2.89. The van der Waals surface area contributed by atoms with Gasteiger partial charge in [0.15, 0.2) is 11.3 Å². The fourth-order valence-corrected chi connectivity index (χ4v) is 4.91. The van der Waals surface area contributed by atoms with Crippen molar-refractivity contribution in [2.75, 3.05) is 62.2 Å². The van der Waals surface area contributed by atoms with E-state index in [1.807, 2.05) is 12.1 Å². The first kappa shape index (κ1) is 18.4. The maximum Gasteiger partial charge on any atom is 0.178 e. The Morgan fingerprint density at radius 1 is 0.903 bits per heavy atom. The fraction of sp³-hybridized carbons (Fsp3) is 0.348. The van der Waals surface area contributed by atoms with E-state index in [0.29, 0.717) is 16.9 Å². The third-order valence-corrected chi connectivity index (χ3v) is 6.40. The molecule has 0 radical (unpaired) electrons. The number of nitriles is 1. The van der Waals surface area contributed by atoms with Crippen LogP contribution in [0.25, 0.3) is 27.7 Å². The van der Waals surface area contributed by atoms with E-state index in [1.165, 1.54) is 5.69 Å². The Labute approximate surface area is 180 Å². The number of nitrogens with zero attached hydrogens (tertiary/aromatic N) is 6. The second-order valence-electron chi connectivity index (χ2n) is 8.13. The quantitative estimate of drug-likeness (QED) is 0.519. The van der Waals surface area contributed by atoms with E-state index in [2.05, 4.69) is 54.1 Å². The topological polar surface area (TPSA) is 84.5 Å². The molecule has 0 spiro atoms. The highest BCUT2D eigenvalue weighted by Gasteiger charge is 2.24. The second kappa shape index (κ2) is 7.38. The number of piperazine rings is 2. The van der Waals surface area contributed by atoms with Crippen LogP contribution in [0.1, 0.15) is 5.56 Å². The first-order valence-electron chi connectivity index (χ1n) is 10.9. The average Bonchev–Trinajstić information content (AvgIpc) is 3.23. The molecule has 6 rings (SSSR count). The minimum absolute atomic E-state index is 0.627. The van der Waals surface area contributed by atoms with Gasteiger partial charge in [-0.25, -0.2) is 9.97 Å². The van der Waals surface area contributed by atoms with Gasteiger partial charge in [0, 0.05) is 69.6 Å². The van der Waals surface area contributed by atoms with Gasteiger partial charge in [-0.1, -0.05) is 0 Å². The molecule has 8 nitrogen and oxygen atoms in total. The van der Waals surface area contributed by atoms with Crippen molar-refractivity contribution in [2.24, 2.45) is 0 Å². The van der Waals surface area contributed by atoms with Crippen LogP contribution in [-0.2, 0) is 0 Å². The standard InChI is InChI=1S/C23H24N8/c24-15-18-21(30-12-8-26-9-13-30)17-4-3-16(29-10-6-25-7-11-29)14-20(17)31-19-2-1-5-27-22(19)28-23(18)31/h1-5,14,25-26H,6-13H2. The average molecular weight is 413 g/mol. The van der Waals surface area contributed by atoms with Crippen molar-refractivity contribution in [1.29, 1.82) is 5.26 Å². The predicted octanol–water partition coefficient (Wildman–Crippen LogP) is 1.73. The minimum atomic E-state index is 0.627. The van der Waals surface area contributed by atoms with E-state index >= 15 is 0 Å². The molecular formula is C23H24N8. The lowest BCUT2D eigenvalue weighted by Gasteiger charge is -2.32. The summed E-state index contributed by atoms with van der Waals surface area (Å²) < 4.78 is 2.12. The van der Waals surface area contributed by atoms with Crippen molar-refractivity contribution in [3.8, 4) is 6.07 Å². The van der Waals surface area contributed by atoms with Gasteiger partial charge in [0.1, 0.15) is 11.6 Å². The summed E-state index contributed by atoms with van der Waals surface area (Å²) in [6, 6.07) is 13.1. The number of anilines is 2. The Morgan fingerprint density at radius 3 is 2.39 bits per heavy atom. The van der Waals surface area contributed by atoms with Gasteiger partial charge in [0.05, 0.1) is 16.7 Å². The first-order valence-corrected chi connectivity index (χ1v) is 10.9. The number of imidazole rings is 1. The van der Waals surface area contributed by atoms with Crippen LogP contribution in [0, 0.1) is 11.3 Å². The van der Waals surface area contributed by atoms with Gasteiger partial charge in [-0.3, -0.25) is 4.40 Å². The Balaban J connectivity index is 1.70. The molecule has 3 aromatic heterocycles. The zero-order valence-corrected chi connectivity index (χ0v) is 17.3. The van der Waals surface area contributed by atoms with Crippen LogP contribution in [0.3, 0.4) is 0 Å². The van der Waals surface area contributed by atoms with Crippen LogP contribution in [0.4, 0.5) is 11.4 Å². The number of fused-ring (bicyclic) bond motifs is 5. The monoisotopic (exact) mass is 412 g/mol. The number of rotatable bonds is 2. The molecule has 156 valence electrons. The van der Waals surface area contributed by atoms with Crippen molar-refractivity contribution < 1.29 is 0 Å². The van der Waals surface area contributed by atoms with Crippen LogP contribution in [0.15, 0.2) is 36.5 Å². The van der Waals surface area contributed by atoms with E-state index in [1.54, 1.807) is 6.20 Å². The lowest BCUT2D eigenvalue weighted by atomic mass is 10.1. The van der Waals surface area contributed by atoms with E-state index in [0.717, 1.165) is 74.5 Å². The van der Waals surface area contributed by atoms with Crippen molar-refractivity contribution in [3.05, 3.63) is 42.1 Å². The van der Waals surface area contributed by atoms with E-state index in [-0.39, 0.29) is 0 Å². The molecule has 2 fully saturated rings. The van der Waals surface area contributed by atoms with E-state index < -0.39 is 0 Å². The fourth-order valence-electron chi connectivity index (χ4n) is 4.91. The number of benzene rings is 1. The minimum Gasteiger partial charge on any atom is -0.369 e. The molecule has 0 aliphatic carbocycles. The molecule has 4 aromatic rings.